The molecule has 0 saturated carbocycles. The first-order chi connectivity index (χ1) is 10.0. The molecule has 0 bridgehead atoms. The highest BCUT2D eigenvalue weighted by Gasteiger charge is 2.14. The first-order valence-electron chi connectivity index (χ1n) is 6.28. The normalized spacial score (nSPS) is 12.2. The Bertz CT molecular complexity index is 614. The summed E-state index contributed by atoms with van der Waals surface area (Å²) >= 11 is 0. The molecule has 0 fully saturated rings. The average molecular weight is 296 g/mol. The van der Waals surface area contributed by atoms with Gasteiger partial charge in [0.1, 0.15) is 11.6 Å². The SMILES string of the molecule is COc1cc(C(Cc2cc(F)cc(F)c2)NN)ccc1F. The second-order valence-corrected chi connectivity index (χ2v) is 4.60. The smallest absolute Gasteiger partial charge is 0.165 e. The summed E-state index contributed by atoms with van der Waals surface area (Å²) in [5.41, 5.74) is 3.65. The molecule has 0 aliphatic carbocycles. The Kier molecular flexibility index (Phi) is 4.82. The van der Waals surface area contributed by atoms with Crippen LogP contribution in [0.4, 0.5) is 13.2 Å². The second-order valence-electron chi connectivity index (χ2n) is 4.60. The second kappa shape index (κ2) is 6.60. The van der Waals surface area contributed by atoms with Crippen LogP contribution >= 0.6 is 0 Å². The molecule has 21 heavy (non-hydrogen) atoms. The Hall–Kier alpha value is -2.05. The molecule has 0 aliphatic rings. The number of benzene rings is 2. The van der Waals surface area contributed by atoms with Crippen molar-refractivity contribution in [3.63, 3.8) is 0 Å². The van der Waals surface area contributed by atoms with E-state index >= 15 is 0 Å². The molecule has 2 rings (SSSR count). The molecule has 0 radical (unpaired) electrons. The van der Waals surface area contributed by atoms with Gasteiger partial charge in [0, 0.05) is 6.07 Å². The molecule has 3 N–H and O–H groups in total. The van der Waals surface area contributed by atoms with E-state index in [1.807, 2.05) is 0 Å². The molecule has 0 heterocycles. The minimum absolute atomic E-state index is 0.0816. The van der Waals surface area contributed by atoms with Crippen LogP contribution < -0.4 is 16.0 Å². The Morgan fingerprint density at radius 1 is 1.10 bits per heavy atom. The molecule has 0 spiro atoms. The van der Waals surface area contributed by atoms with E-state index in [1.54, 1.807) is 0 Å². The van der Waals surface area contributed by atoms with Crippen LogP contribution in [0.5, 0.6) is 5.75 Å². The summed E-state index contributed by atoms with van der Waals surface area (Å²) in [6, 6.07) is 7.12. The molecule has 2 aromatic rings. The van der Waals surface area contributed by atoms with E-state index in [-0.39, 0.29) is 12.2 Å². The van der Waals surface area contributed by atoms with E-state index in [1.165, 1.54) is 37.4 Å². The predicted molar refractivity (Wildman–Crippen MR) is 73.1 cm³/mol. The van der Waals surface area contributed by atoms with Gasteiger partial charge in [-0.15, -0.1) is 0 Å². The third kappa shape index (κ3) is 3.74. The van der Waals surface area contributed by atoms with Crippen LogP contribution in [0, 0.1) is 17.5 Å². The van der Waals surface area contributed by atoms with Crippen molar-refractivity contribution in [2.45, 2.75) is 12.5 Å². The van der Waals surface area contributed by atoms with Crippen LogP contribution in [0.2, 0.25) is 0 Å². The minimum Gasteiger partial charge on any atom is -0.494 e. The lowest BCUT2D eigenvalue weighted by molar-refractivity contribution is 0.384. The molecule has 3 nitrogen and oxygen atoms in total. The maximum Gasteiger partial charge on any atom is 0.165 e. The molecule has 0 aliphatic heterocycles. The standard InChI is InChI=1S/C15H15F3N2O/c1-21-15-7-10(2-3-13(15)18)14(20-19)6-9-4-11(16)8-12(17)5-9/h2-5,7-8,14,20H,6,19H2,1H3. The number of hydrogen-bond donors (Lipinski definition) is 2. The zero-order valence-electron chi connectivity index (χ0n) is 11.4. The van der Waals surface area contributed by atoms with Gasteiger partial charge in [-0.25, -0.2) is 13.2 Å². The fourth-order valence-electron chi connectivity index (χ4n) is 2.13. The number of nitrogens with two attached hydrogens (primary N) is 1. The van der Waals surface area contributed by atoms with Gasteiger partial charge in [0.2, 0.25) is 0 Å². The van der Waals surface area contributed by atoms with E-state index in [2.05, 4.69) is 5.43 Å². The minimum atomic E-state index is -0.655. The molecule has 0 aromatic heterocycles. The summed E-state index contributed by atoms with van der Waals surface area (Å²) in [5.74, 6) is 3.77. The lowest BCUT2D eigenvalue weighted by Crippen LogP contribution is -2.29. The van der Waals surface area contributed by atoms with Gasteiger partial charge >= 0.3 is 0 Å². The van der Waals surface area contributed by atoms with Crippen LogP contribution in [0.15, 0.2) is 36.4 Å². The number of hydrogen-bond acceptors (Lipinski definition) is 3. The monoisotopic (exact) mass is 296 g/mol. The quantitative estimate of drug-likeness (QED) is 0.659. The van der Waals surface area contributed by atoms with Gasteiger partial charge in [-0.2, -0.15) is 0 Å². The van der Waals surface area contributed by atoms with Crippen molar-refractivity contribution >= 4 is 0 Å². The van der Waals surface area contributed by atoms with Gasteiger partial charge in [-0.3, -0.25) is 11.3 Å². The fourth-order valence-corrected chi connectivity index (χ4v) is 2.13. The van der Waals surface area contributed by atoms with Crippen LogP contribution in [-0.2, 0) is 6.42 Å². The summed E-state index contributed by atoms with van der Waals surface area (Å²) in [6.45, 7) is 0. The molecule has 1 atom stereocenters. The van der Waals surface area contributed by atoms with Crippen molar-refractivity contribution in [3.8, 4) is 5.75 Å². The van der Waals surface area contributed by atoms with E-state index in [9.17, 15) is 13.2 Å². The van der Waals surface area contributed by atoms with E-state index in [4.69, 9.17) is 10.6 Å². The van der Waals surface area contributed by atoms with Gasteiger partial charge in [-0.1, -0.05) is 6.07 Å². The van der Waals surface area contributed by atoms with E-state index in [0.29, 0.717) is 11.1 Å². The number of halogens is 3. The van der Waals surface area contributed by atoms with Crippen molar-refractivity contribution in [2.75, 3.05) is 7.11 Å². The largest absolute Gasteiger partial charge is 0.494 e. The van der Waals surface area contributed by atoms with Gasteiger partial charge in [-0.05, 0) is 41.8 Å². The summed E-state index contributed by atoms with van der Waals surface area (Å²) in [5, 5.41) is 0. The topological polar surface area (TPSA) is 47.3 Å². The predicted octanol–water partition coefficient (Wildman–Crippen LogP) is 2.86. The Morgan fingerprint density at radius 2 is 1.76 bits per heavy atom. The zero-order valence-corrected chi connectivity index (χ0v) is 11.4. The lowest BCUT2D eigenvalue weighted by Gasteiger charge is -2.17. The Morgan fingerprint density at radius 3 is 2.33 bits per heavy atom. The highest BCUT2D eigenvalue weighted by molar-refractivity contribution is 5.33. The van der Waals surface area contributed by atoms with E-state index in [0.717, 1.165) is 6.07 Å². The highest BCUT2D eigenvalue weighted by Crippen LogP contribution is 2.25. The Balaban J connectivity index is 2.27. The average Bonchev–Trinajstić information content (AvgIpc) is 2.44. The van der Waals surface area contributed by atoms with Crippen LogP contribution in [0.25, 0.3) is 0 Å². The van der Waals surface area contributed by atoms with E-state index < -0.39 is 23.5 Å². The number of nitrogens with one attached hydrogen (secondary N) is 1. The molecular formula is C15H15F3N2O. The summed E-state index contributed by atoms with van der Waals surface area (Å²) in [4.78, 5) is 0. The van der Waals surface area contributed by atoms with Gasteiger partial charge in [0.25, 0.3) is 0 Å². The number of methoxy groups -OCH3 is 1. The maximum absolute atomic E-state index is 13.4. The molecule has 0 amide bonds. The molecular weight excluding hydrogens is 281 g/mol. The maximum atomic E-state index is 13.4. The van der Waals surface area contributed by atoms with Crippen molar-refractivity contribution in [1.82, 2.24) is 5.43 Å². The van der Waals surface area contributed by atoms with Crippen LogP contribution in [-0.4, -0.2) is 7.11 Å². The van der Waals surface area contributed by atoms with Crippen molar-refractivity contribution in [3.05, 3.63) is 65.0 Å². The number of rotatable bonds is 5. The van der Waals surface area contributed by atoms with Crippen LogP contribution in [0.1, 0.15) is 17.2 Å². The number of ether oxygens (including phenoxy) is 1. The van der Waals surface area contributed by atoms with Crippen molar-refractivity contribution < 1.29 is 17.9 Å². The van der Waals surface area contributed by atoms with Crippen molar-refractivity contribution in [1.29, 1.82) is 0 Å². The fraction of sp³-hybridized carbons (Fsp3) is 0.200. The highest BCUT2D eigenvalue weighted by atomic mass is 19.1. The third-order valence-corrected chi connectivity index (χ3v) is 3.14. The first kappa shape index (κ1) is 15.3. The first-order valence-corrected chi connectivity index (χ1v) is 6.28. The van der Waals surface area contributed by atoms with Gasteiger partial charge < -0.3 is 4.74 Å². The molecule has 0 saturated heterocycles. The summed E-state index contributed by atoms with van der Waals surface area (Å²) in [6.07, 6.45) is 0.250. The lowest BCUT2D eigenvalue weighted by atomic mass is 9.99. The van der Waals surface area contributed by atoms with Gasteiger partial charge in [0.15, 0.2) is 11.6 Å². The summed E-state index contributed by atoms with van der Waals surface area (Å²) < 4.78 is 44.7. The van der Waals surface area contributed by atoms with Gasteiger partial charge in [0.05, 0.1) is 13.2 Å². The Labute approximate surface area is 120 Å². The number of hydrazine groups is 1. The summed E-state index contributed by atoms with van der Waals surface area (Å²) in [7, 11) is 1.36. The zero-order chi connectivity index (χ0) is 15.4. The molecule has 6 heteroatoms. The third-order valence-electron chi connectivity index (χ3n) is 3.14. The molecule has 112 valence electrons. The molecule has 2 aromatic carbocycles. The molecule has 1 unspecified atom stereocenters. The van der Waals surface area contributed by atoms with Crippen molar-refractivity contribution in [2.24, 2.45) is 5.84 Å². The van der Waals surface area contributed by atoms with Crippen LogP contribution in [0.3, 0.4) is 0 Å².